The fourth-order valence-electron chi connectivity index (χ4n) is 2.49. The zero-order valence-corrected chi connectivity index (χ0v) is 12.8. The van der Waals surface area contributed by atoms with Crippen LogP contribution in [0.3, 0.4) is 0 Å². The van der Waals surface area contributed by atoms with Crippen molar-refractivity contribution in [3.8, 4) is 0 Å². The van der Waals surface area contributed by atoms with Gasteiger partial charge in [0.1, 0.15) is 0 Å². The van der Waals surface area contributed by atoms with Gasteiger partial charge in [-0.2, -0.15) is 0 Å². The molecule has 20 heavy (non-hydrogen) atoms. The lowest BCUT2D eigenvalue weighted by atomic mass is 9.99. The Hall–Kier alpha value is -1.40. The maximum Gasteiger partial charge on any atom is 0.308 e. The third-order valence-electron chi connectivity index (χ3n) is 3.48. The highest BCUT2D eigenvalue weighted by atomic mass is 79.9. The molecule has 1 heterocycles. The van der Waals surface area contributed by atoms with Gasteiger partial charge in [0.15, 0.2) is 0 Å². The van der Waals surface area contributed by atoms with Crippen molar-refractivity contribution in [2.45, 2.75) is 6.92 Å². The molecule has 1 aliphatic heterocycles. The first-order chi connectivity index (χ1) is 9.45. The first-order valence-corrected chi connectivity index (χ1v) is 7.25. The molecule has 5 nitrogen and oxygen atoms in total. The minimum absolute atomic E-state index is 0.0752. The molecule has 1 aromatic rings. The van der Waals surface area contributed by atoms with Crippen molar-refractivity contribution < 1.29 is 14.7 Å². The largest absolute Gasteiger partial charge is 0.481 e. The summed E-state index contributed by atoms with van der Waals surface area (Å²) in [7, 11) is 0. The van der Waals surface area contributed by atoms with E-state index in [0.717, 1.165) is 10.2 Å². The molecule has 2 atom stereocenters. The lowest BCUT2D eigenvalue weighted by molar-refractivity contribution is -0.142. The second kappa shape index (κ2) is 6.37. The molecule has 108 valence electrons. The van der Waals surface area contributed by atoms with Gasteiger partial charge in [-0.25, -0.2) is 0 Å². The minimum Gasteiger partial charge on any atom is -0.481 e. The number of hydrogen-bond acceptors (Lipinski definition) is 3. The highest BCUT2D eigenvalue weighted by Crippen LogP contribution is 2.23. The summed E-state index contributed by atoms with van der Waals surface area (Å²) in [6.07, 6.45) is 0. The van der Waals surface area contributed by atoms with Crippen LogP contribution in [0.4, 0.5) is 5.69 Å². The molecule has 1 fully saturated rings. The van der Waals surface area contributed by atoms with Gasteiger partial charge in [-0.1, -0.05) is 28.9 Å². The molecule has 0 spiro atoms. The Morgan fingerprint density at radius 3 is 2.80 bits per heavy atom. The molecule has 1 aliphatic rings. The van der Waals surface area contributed by atoms with E-state index in [9.17, 15) is 9.59 Å². The summed E-state index contributed by atoms with van der Waals surface area (Å²) in [5.74, 6) is -1.21. The summed E-state index contributed by atoms with van der Waals surface area (Å²) in [5, 5.41) is 11.9. The lowest BCUT2D eigenvalue weighted by Gasteiger charge is -2.14. The van der Waals surface area contributed by atoms with Gasteiger partial charge in [-0.3, -0.25) is 14.5 Å². The Kier molecular flexibility index (Phi) is 4.77. The molecule has 0 aliphatic carbocycles. The number of likely N-dealkylation sites (tertiary alicyclic amines) is 1. The zero-order valence-electron chi connectivity index (χ0n) is 11.2. The Labute approximate surface area is 126 Å². The van der Waals surface area contributed by atoms with Crippen LogP contribution in [0.1, 0.15) is 6.92 Å². The molecule has 0 unspecified atom stereocenters. The molecule has 0 radical (unpaired) electrons. The second-order valence-corrected chi connectivity index (χ2v) is 6.09. The maximum absolute atomic E-state index is 11.9. The topological polar surface area (TPSA) is 69.6 Å². The third-order valence-corrected chi connectivity index (χ3v) is 3.97. The predicted octanol–water partition coefficient (Wildman–Crippen LogP) is 2.04. The van der Waals surface area contributed by atoms with Gasteiger partial charge in [-0.05, 0) is 24.1 Å². The SMILES string of the molecule is C[C@@H]1CN(CC(=O)Nc2cccc(Br)c2)C[C@H]1C(=O)O. The standard InChI is InChI=1S/C14H17BrN2O3/c1-9-6-17(7-12(9)14(19)20)8-13(18)16-11-4-2-3-10(15)5-11/h2-5,9,12H,6-8H2,1H3,(H,16,18)(H,19,20)/t9-,12-/m1/s1. The van der Waals surface area contributed by atoms with Gasteiger partial charge in [-0.15, -0.1) is 0 Å². The van der Waals surface area contributed by atoms with Crippen LogP contribution in [0.5, 0.6) is 0 Å². The molecule has 2 rings (SSSR count). The van der Waals surface area contributed by atoms with Crippen molar-refractivity contribution in [2.24, 2.45) is 11.8 Å². The van der Waals surface area contributed by atoms with Gasteiger partial charge in [0, 0.05) is 23.2 Å². The molecular formula is C14H17BrN2O3. The number of halogens is 1. The molecule has 0 saturated carbocycles. The number of nitrogens with one attached hydrogen (secondary N) is 1. The Bertz CT molecular complexity index is 521. The number of rotatable bonds is 4. The molecule has 6 heteroatoms. The number of nitrogens with zero attached hydrogens (tertiary/aromatic N) is 1. The monoisotopic (exact) mass is 340 g/mol. The van der Waals surface area contributed by atoms with Crippen molar-refractivity contribution >= 4 is 33.5 Å². The molecule has 1 amide bonds. The number of aliphatic carboxylic acids is 1. The fraction of sp³-hybridized carbons (Fsp3) is 0.429. The van der Waals surface area contributed by atoms with Crippen LogP contribution in [0, 0.1) is 11.8 Å². The van der Waals surface area contributed by atoms with Gasteiger partial charge in [0.05, 0.1) is 12.5 Å². The Morgan fingerprint density at radius 2 is 2.20 bits per heavy atom. The summed E-state index contributed by atoms with van der Waals surface area (Å²) >= 11 is 3.34. The van der Waals surface area contributed by atoms with Gasteiger partial charge >= 0.3 is 5.97 Å². The third kappa shape index (κ3) is 3.80. The van der Waals surface area contributed by atoms with E-state index < -0.39 is 5.97 Å². The smallest absolute Gasteiger partial charge is 0.308 e. The highest BCUT2D eigenvalue weighted by molar-refractivity contribution is 9.10. The van der Waals surface area contributed by atoms with Crippen LogP contribution in [-0.2, 0) is 9.59 Å². The molecule has 1 saturated heterocycles. The van der Waals surface area contributed by atoms with Gasteiger partial charge in [0.25, 0.3) is 0 Å². The van der Waals surface area contributed by atoms with E-state index in [2.05, 4.69) is 21.2 Å². The van der Waals surface area contributed by atoms with Crippen molar-refractivity contribution in [3.63, 3.8) is 0 Å². The summed E-state index contributed by atoms with van der Waals surface area (Å²) in [5.41, 5.74) is 0.728. The summed E-state index contributed by atoms with van der Waals surface area (Å²) in [6.45, 7) is 3.21. The quantitative estimate of drug-likeness (QED) is 0.879. The van der Waals surface area contributed by atoms with E-state index in [1.54, 1.807) is 0 Å². The number of carbonyl (C=O) groups is 2. The number of benzene rings is 1. The van der Waals surface area contributed by atoms with Crippen LogP contribution >= 0.6 is 15.9 Å². The van der Waals surface area contributed by atoms with E-state index in [0.29, 0.717) is 13.1 Å². The van der Waals surface area contributed by atoms with Crippen LogP contribution in [0.15, 0.2) is 28.7 Å². The molecule has 0 aromatic heterocycles. The van der Waals surface area contributed by atoms with E-state index in [1.807, 2.05) is 36.1 Å². The second-order valence-electron chi connectivity index (χ2n) is 5.17. The van der Waals surface area contributed by atoms with Gasteiger partial charge < -0.3 is 10.4 Å². The fourth-order valence-corrected chi connectivity index (χ4v) is 2.89. The van der Waals surface area contributed by atoms with Crippen LogP contribution < -0.4 is 5.32 Å². The average Bonchev–Trinajstić information content (AvgIpc) is 2.70. The van der Waals surface area contributed by atoms with Crippen molar-refractivity contribution in [1.82, 2.24) is 4.90 Å². The zero-order chi connectivity index (χ0) is 14.7. The summed E-state index contributed by atoms with van der Waals surface area (Å²) in [4.78, 5) is 24.9. The van der Waals surface area contributed by atoms with Crippen molar-refractivity contribution in [3.05, 3.63) is 28.7 Å². The number of carboxylic acid groups (broad SMARTS) is 1. The number of amides is 1. The minimum atomic E-state index is -0.785. The first kappa shape index (κ1) is 15.0. The maximum atomic E-state index is 11.9. The van der Waals surface area contributed by atoms with Crippen molar-refractivity contribution in [2.75, 3.05) is 25.0 Å². The van der Waals surface area contributed by atoms with Crippen LogP contribution in [-0.4, -0.2) is 41.5 Å². The molecule has 1 aromatic carbocycles. The van der Waals surface area contributed by atoms with Crippen molar-refractivity contribution in [1.29, 1.82) is 0 Å². The first-order valence-electron chi connectivity index (χ1n) is 6.46. The lowest BCUT2D eigenvalue weighted by Crippen LogP contribution is -2.32. The Morgan fingerprint density at radius 1 is 1.45 bits per heavy atom. The van der Waals surface area contributed by atoms with E-state index in [1.165, 1.54) is 0 Å². The molecule has 0 bridgehead atoms. The van der Waals surface area contributed by atoms with Crippen LogP contribution in [0.2, 0.25) is 0 Å². The van der Waals surface area contributed by atoms with E-state index in [4.69, 9.17) is 5.11 Å². The number of anilines is 1. The van der Waals surface area contributed by atoms with E-state index >= 15 is 0 Å². The normalized spacial score (nSPS) is 22.7. The summed E-state index contributed by atoms with van der Waals surface area (Å²) in [6, 6.07) is 7.37. The van der Waals surface area contributed by atoms with Crippen LogP contribution in [0.25, 0.3) is 0 Å². The van der Waals surface area contributed by atoms with Gasteiger partial charge in [0.2, 0.25) is 5.91 Å². The molecular weight excluding hydrogens is 324 g/mol. The average molecular weight is 341 g/mol. The van der Waals surface area contributed by atoms with E-state index in [-0.39, 0.29) is 24.3 Å². The predicted molar refractivity (Wildman–Crippen MR) is 79.5 cm³/mol. The number of carboxylic acids is 1. The highest BCUT2D eigenvalue weighted by Gasteiger charge is 2.35. The summed E-state index contributed by atoms with van der Waals surface area (Å²) < 4.78 is 0.899. The number of hydrogen-bond donors (Lipinski definition) is 2. The Balaban J connectivity index is 1.88. The number of carbonyl (C=O) groups excluding carboxylic acids is 1. The molecule has 2 N–H and O–H groups in total.